The number of ether oxygens (including phenoxy) is 1. The highest BCUT2D eigenvalue weighted by atomic mass is 35.5. The molecule has 0 amide bonds. The third-order valence-electron chi connectivity index (χ3n) is 2.80. The lowest BCUT2D eigenvalue weighted by atomic mass is 10.1. The number of rotatable bonds is 2. The summed E-state index contributed by atoms with van der Waals surface area (Å²) in [5.41, 5.74) is 2.31. The van der Waals surface area contributed by atoms with Crippen molar-refractivity contribution in [3.05, 3.63) is 39.5 Å². The Hall–Kier alpha value is -1.52. The molecule has 0 spiro atoms. The van der Waals surface area contributed by atoms with Gasteiger partial charge >= 0.3 is 5.97 Å². The molecule has 100 valence electrons. The molecule has 0 saturated carbocycles. The van der Waals surface area contributed by atoms with Crippen molar-refractivity contribution in [2.45, 2.75) is 6.92 Å². The van der Waals surface area contributed by atoms with E-state index in [-0.39, 0.29) is 0 Å². The van der Waals surface area contributed by atoms with Crippen LogP contribution in [0.25, 0.3) is 11.3 Å². The quantitative estimate of drug-likeness (QED) is 0.797. The molecular formula is C13H12Cl2N2O2. The van der Waals surface area contributed by atoms with Crippen molar-refractivity contribution in [1.29, 1.82) is 0 Å². The molecule has 0 aliphatic rings. The van der Waals surface area contributed by atoms with Gasteiger partial charge in [0.1, 0.15) is 5.56 Å². The molecule has 2 aromatic rings. The normalized spacial score (nSPS) is 10.6. The van der Waals surface area contributed by atoms with Crippen LogP contribution in [-0.2, 0) is 11.8 Å². The van der Waals surface area contributed by atoms with Gasteiger partial charge in [0.2, 0.25) is 0 Å². The largest absolute Gasteiger partial charge is 0.465 e. The van der Waals surface area contributed by atoms with Gasteiger partial charge in [0.25, 0.3) is 0 Å². The van der Waals surface area contributed by atoms with Gasteiger partial charge in [0, 0.05) is 17.6 Å². The van der Waals surface area contributed by atoms with Crippen molar-refractivity contribution >= 4 is 29.2 Å². The van der Waals surface area contributed by atoms with E-state index in [1.165, 1.54) is 7.11 Å². The molecule has 0 unspecified atom stereocenters. The summed E-state index contributed by atoms with van der Waals surface area (Å²) in [4.78, 5) is 11.9. The minimum absolute atomic E-state index is 0.411. The number of hydrogen-bond donors (Lipinski definition) is 0. The van der Waals surface area contributed by atoms with Crippen molar-refractivity contribution in [2.24, 2.45) is 7.05 Å². The van der Waals surface area contributed by atoms with Crippen LogP contribution >= 0.6 is 23.2 Å². The van der Waals surface area contributed by atoms with Gasteiger partial charge in [0.05, 0.1) is 23.5 Å². The summed E-state index contributed by atoms with van der Waals surface area (Å²) >= 11 is 12.1. The number of methoxy groups -OCH3 is 1. The Balaban J connectivity index is 2.71. The molecule has 19 heavy (non-hydrogen) atoms. The summed E-state index contributed by atoms with van der Waals surface area (Å²) < 4.78 is 6.40. The Kier molecular flexibility index (Phi) is 3.83. The molecule has 1 aromatic heterocycles. The van der Waals surface area contributed by atoms with Crippen LogP contribution in [0.3, 0.4) is 0 Å². The number of benzene rings is 1. The van der Waals surface area contributed by atoms with Crippen LogP contribution in [-0.4, -0.2) is 22.9 Å². The predicted octanol–water partition coefficient (Wildman–Crippen LogP) is 3.49. The number of esters is 1. The van der Waals surface area contributed by atoms with E-state index >= 15 is 0 Å². The lowest BCUT2D eigenvalue weighted by Gasteiger charge is -2.08. The lowest BCUT2D eigenvalue weighted by Crippen LogP contribution is -2.05. The smallest absolute Gasteiger partial charge is 0.342 e. The maximum Gasteiger partial charge on any atom is 0.342 e. The van der Waals surface area contributed by atoms with Gasteiger partial charge in [0.15, 0.2) is 0 Å². The Morgan fingerprint density at radius 2 is 2.05 bits per heavy atom. The van der Waals surface area contributed by atoms with Crippen molar-refractivity contribution in [3.63, 3.8) is 0 Å². The summed E-state index contributed by atoms with van der Waals surface area (Å²) in [5.74, 6) is -0.438. The fourth-order valence-corrected chi connectivity index (χ4v) is 2.49. The Bertz CT molecular complexity index is 650. The first-order valence-corrected chi connectivity index (χ1v) is 6.28. The monoisotopic (exact) mass is 298 g/mol. The maximum absolute atomic E-state index is 11.9. The number of aromatic nitrogens is 2. The van der Waals surface area contributed by atoms with Crippen molar-refractivity contribution in [2.75, 3.05) is 7.11 Å². The Morgan fingerprint density at radius 1 is 1.37 bits per heavy atom. The molecule has 0 atom stereocenters. The molecule has 0 radical (unpaired) electrons. The molecule has 0 aliphatic carbocycles. The van der Waals surface area contributed by atoms with E-state index in [1.807, 2.05) is 0 Å². The zero-order valence-corrected chi connectivity index (χ0v) is 12.2. The van der Waals surface area contributed by atoms with Crippen molar-refractivity contribution < 1.29 is 9.53 Å². The van der Waals surface area contributed by atoms with E-state index < -0.39 is 5.97 Å². The summed E-state index contributed by atoms with van der Waals surface area (Å²) in [6, 6.07) is 5.10. The standard InChI is InChI=1S/C13H12Cl2N2O2/c1-7-11(13(18)19-3)12(17(2)16-7)9-5-4-8(14)6-10(9)15/h4-6H,1-3H3. The minimum atomic E-state index is -0.438. The topological polar surface area (TPSA) is 44.1 Å². The SMILES string of the molecule is COC(=O)c1c(C)nn(C)c1-c1ccc(Cl)cc1Cl. The number of aryl methyl sites for hydroxylation is 2. The van der Waals surface area contributed by atoms with Gasteiger partial charge in [-0.05, 0) is 25.1 Å². The van der Waals surface area contributed by atoms with Gasteiger partial charge in [-0.2, -0.15) is 5.10 Å². The summed E-state index contributed by atoms with van der Waals surface area (Å²) in [6.07, 6.45) is 0. The molecule has 2 rings (SSSR count). The number of carbonyl (C=O) groups excluding carboxylic acids is 1. The molecule has 0 N–H and O–H groups in total. The predicted molar refractivity (Wildman–Crippen MR) is 74.7 cm³/mol. The second-order valence-corrected chi connectivity index (χ2v) is 4.89. The highest BCUT2D eigenvalue weighted by molar-refractivity contribution is 6.36. The second kappa shape index (κ2) is 5.23. The average Bonchev–Trinajstić information content (AvgIpc) is 2.63. The molecular weight excluding hydrogens is 287 g/mol. The lowest BCUT2D eigenvalue weighted by molar-refractivity contribution is 0.0601. The minimum Gasteiger partial charge on any atom is -0.465 e. The van der Waals surface area contributed by atoms with E-state index in [2.05, 4.69) is 5.10 Å². The molecule has 0 bridgehead atoms. The van der Waals surface area contributed by atoms with Gasteiger partial charge in [-0.1, -0.05) is 23.2 Å². The fraction of sp³-hybridized carbons (Fsp3) is 0.231. The summed E-state index contributed by atoms with van der Waals surface area (Å²) in [5, 5.41) is 5.24. The molecule has 6 heteroatoms. The van der Waals surface area contributed by atoms with Crippen LogP contribution in [0.4, 0.5) is 0 Å². The van der Waals surface area contributed by atoms with Crippen LogP contribution in [0.2, 0.25) is 10.0 Å². The van der Waals surface area contributed by atoms with Crippen LogP contribution in [0, 0.1) is 6.92 Å². The molecule has 1 heterocycles. The van der Waals surface area contributed by atoms with Crippen molar-refractivity contribution in [1.82, 2.24) is 9.78 Å². The Morgan fingerprint density at radius 3 is 2.63 bits per heavy atom. The van der Waals surface area contributed by atoms with E-state index in [0.29, 0.717) is 32.6 Å². The summed E-state index contributed by atoms with van der Waals surface area (Å²) in [6.45, 7) is 1.75. The first-order chi connectivity index (χ1) is 8.95. The summed E-state index contributed by atoms with van der Waals surface area (Å²) in [7, 11) is 3.09. The van der Waals surface area contributed by atoms with E-state index in [4.69, 9.17) is 27.9 Å². The first-order valence-electron chi connectivity index (χ1n) is 5.53. The average molecular weight is 299 g/mol. The Labute approximate surface area is 120 Å². The van der Waals surface area contributed by atoms with E-state index in [1.54, 1.807) is 36.9 Å². The molecule has 1 aromatic carbocycles. The third kappa shape index (κ3) is 2.46. The van der Waals surface area contributed by atoms with Gasteiger partial charge in [-0.3, -0.25) is 4.68 Å². The molecule has 4 nitrogen and oxygen atoms in total. The van der Waals surface area contributed by atoms with Gasteiger partial charge < -0.3 is 4.74 Å². The van der Waals surface area contributed by atoms with Crippen molar-refractivity contribution in [3.8, 4) is 11.3 Å². The van der Waals surface area contributed by atoms with Crippen LogP contribution in [0.5, 0.6) is 0 Å². The molecule has 0 fully saturated rings. The third-order valence-corrected chi connectivity index (χ3v) is 3.35. The van der Waals surface area contributed by atoms with Crippen LogP contribution in [0.1, 0.15) is 16.1 Å². The van der Waals surface area contributed by atoms with Crippen LogP contribution < -0.4 is 0 Å². The molecule has 0 aliphatic heterocycles. The number of halogens is 2. The van der Waals surface area contributed by atoms with E-state index in [9.17, 15) is 4.79 Å². The highest BCUT2D eigenvalue weighted by Crippen LogP contribution is 2.33. The van der Waals surface area contributed by atoms with Gasteiger partial charge in [-0.25, -0.2) is 4.79 Å². The first kappa shape index (κ1) is 13.9. The number of nitrogens with zero attached hydrogens (tertiary/aromatic N) is 2. The zero-order chi connectivity index (χ0) is 14.2. The van der Waals surface area contributed by atoms with Crippen LogP contribution in [0.15, 0.2) is 18.2 Å². The molecule has 0 saturated heterocycles. The fourth-order valence-electron chi connectivity index (χ4n) is 2.00. The zero-order valence-electron chi connectivity index (χ0n) is 10.7. The number of carbonyl (C=O) groups is 1. The van der Waals surface area contributed by atoms with E-state index in [0.717, 1.165) is 0 Å². The highest BCUT2D eigenvalue weighted by Gasteiger charge is 2.23. The maximum atomic E-state index is 11.9. The second-order valence-electron chi connectivity index (χ2n) is 4.05. The van der Waals surface area contributed by atoms with Gasteiger partial charge in [-0.15, -0.1) is 0 Å². The number of hydrogen-bond acceptors (Lipinski definition) is 3.